The quantitative estimate of drug-likeness (QED) is 0.654. The zero-order chi connectivity index (χ0) is 11.6. The molecule has 1 rings (SSSR count). The molecule has 0 spiro atoms. The first kappa shape index (κ1) is 12.8. The van der Waals surface area contributed by atoms with Crippen molar-refractivity contribution in [3.8, 4) is 5.75 Å². The first-order valence-electron chi connectivity index (χ1n) is 5.75. The second kappa shape index (κ2) is 7.94. The number of benzene rings is 1. The van der Waals surface area contributed by atoms with Crippen LogP contribution in [0.25, 0.3) is 6.08 Å². The highest BCUT2D eigenvalue weighted by atomic mass is 16.5. The van der Waals surface area contributed by atoms with Gasteiger partial charge in [-0.15, -0.1) is 0 Å². The molecule has 0 aliphatic rings. The molecule has 0 amide bonds. The van der Waals surface area contributed by atoms with E-state index in [4.69, 9.17) is 9.47 Å². The van der Waals surface area contributed by atoms with Gasteiger partial charge in [0.15, 0.2) is 0 Å². The molecule has 0 aliphatic carbocycles. The second-order valence-corrected chi connectivity index (χ2v) is 3.63. The van der Waals surface area contributed by atoms with Gasteiger partial charge >= 0.3 is 0 Å². The van der Waals surface area contributed by atoms with Crippen LogP contribution in [0.1, 0.15) is 25.3 Å². The van der Waals surface area contributed by atoms with Gasteiger partial charge in [-0.1, -0.05) is 37.6 Å². The summed E-state index contributed by atoms with van der Waals surface area (Å²) < 4.78 is 10.5. The molecular weight excluding hydrogens is 200 g/mol. The SMILES string of the molecule is CCCCOc1ccc(C=CCOC)cc1. The predicted molar refractivity (Wildman–Crippen MR) is 67.8 cm³/mol. The Morgan fingerprint density at radius 3 is 2.56 bits per heavy atom. The molecule has 0 heterocycles. The molecule has 0 saturated heterocycles. The third-order valence-electron chi connectivity index (χ3n) is 2.22. The number of methoxy groups -OCH3 is 1. The van der Waals surface area contributed by atoms with E-state index < -0.39 is 0 Å². The Morgan fingerprint density at radius 2 is 1.94 bits per heavy atom. The van der Waals surface area contributed by atoms with Crippen molar-refractivity contribution in [2.75, 3.05) is 20.3 Å². The van der Waals surface area contributed by atoms with Crippen molar-refractivity contribution in [3.63, 3.8) is 0 Å². The van der Waals surface area contributed by atoms with Gasteiger partial charge in [0.2, 0.25) is 0 Å². The van der Waals surface area contributed by atoms with Crippen molar-refractivity contribution in [1.29, 1.82) is 0 Å². The Morgan fingerprint density at radius 1 is 1.19 bits per heavy atom. The summed E-state index contributed by atoms with van der Waals surface area (Å²) in [5.74, 6) is 0.942. The molecule has 0 bridgehead atoms. The Kier molecular flexibility index (Phi) is 6.35. The average molecular weight is 220 g/mol. The lowest BCUT2D eigenvalue weighted by Gasteiger charge is -2.04. The van der Waals surface area contributed by atoms with Crippen LogP contribution in [0.15, 0.2) is 30.3 Å². The van der Waals surface area contributed by atoms with Crippen LogP contribution >= 0.6 is 0 Å². The zero-order valence-electron chi connectivity index (χ0n) is 10.1. The van der Waals surface area contributed by atoms with Gasteiger partial charge in [0.05, 0.1) is 13.2 Å². The number of ether oxygens (including phenoxy) is 2. The molecule has 1 aromatic rings. The molecule has 0 radical (unpaired) electrons. The van der Waals surface area contributed by atoms with Gasteiger partial charge in [-0.25, -0.2) is 0 Å². The average Bonchev–Trinajstić information content (AvgIpc) is 2.32. The lowest BCUT2D eigenvalue weighted by atomic mass is 10.2. The lowest BCUT2D eigenvalue weighted by molar-refractivity contribution is 0.234. The first-order chi connectivity index (χ1) is 7.86. The minimum Gasteiger partial charge on any atom is -0.494 e. The van der Waals surface area contributed by atoms with Crippen LogP contribution in [0.4, 0.5) is 0 Å². The second-order valence-electron chi connectivity index (χ2n) is 3.63. The van der Waals surface area contributed by atoms with Crippen molar-refractivity contribution in [3.05, 3.63) is 35.9 Å². The molecule has 0 saturated carbocycles. The normalized spacial score (nSPS) is 10.9. The molecule has 0 fully saturated rings. The summed E-state index contributed by atoms with van der Waals surface area (Å²) >= 11 is 0. The van der Waals surface area contributed by atoms with Crippen LogP contribution in [0.5, 0.6) is 5.75 Å². The summed E-state index contributed by atoms with van der Waals surface area (Å²) in [6, 6.07) is 8.10. The maximum atomic E-state index is 5.58. The third kappa shape index (κ3) is 4.99. The summed E-state index contributed by atoms with van der Waals surface area (Å²) in [6.45, 7) is 3.61. The summed E-state index contributed by atoms with van der Waals surface area (Å²) in [5, 5.41) is 0. The number of unbranched alkanes of at least 4 members (excludes halogenated alkanes) is 1. The van der Waals surface area contributed by atoms with Crippen molar-refractivity contribution < 1.29 is 9.47 Å². The van der Waals surface area contributed by atoms with Crippen molar-refractivity contribution in [2.24, 2.45) is 0 Å². The predicted octanol–water partition coefficient (Wildman–Crippen LogP) is 3.53. The highest BCUT2D eigenvalue weighted by molar-refractivity contribution is 5.50. The van der Waals surface area contributed by atoms with E-state index >= 15 is 0 Å². The summed E-state index contributed by atoms with van der Waals surface area (Å²) in [4.78, 5) is 0. The van der Waals surface area contributed by atoms with E-state index in [1.165, 1.54) is 5.56 Å². The summed E-state index contributed by atoms with van der Waals surface area (Å²) in [5.41, 5.74) is 1.17. The molecule has 1 aromatic carbocycles. The van der Waals surface area contributed by atoms with Gasteiger partial charge in [-0.3, -0.25) is 0 Å². The first-order valence-corrected chi connectivity index (χ1v) is 5.75. The Hall–Kier alpha value is -1.28. The van der Waals surface area contributed by atoms with E-state index in [1.807, 2.05) is 36.4 Å². The number of hydrogen-bond acceptors (Lipinski definition) is 2. The Bertz CT molecular complexity index is 301. The molecular formula is C14H20O2. The van der Waals surface area contributed by atoms with Crippen LogP contribution in [0.3, 0.4) is 0 Å². The van der Waals surface area contributed by atoms with Crippen LogP contribution in [-0.4, -0.2) is 20.3 Å². The molecule has 0 aromatic heterocycles. The fourth-order valence-corrected chi connectivity index (χ4v) is 1.29. The largest absolute Gasteiger partial charge is 0.494 e. The fraction of sp³-hybridized carbons (Fsp3) is 0.429. The maximum absolute atomic E-state index is 5.58. The van der Waals surface area contributed by atoms with Gasteiger partial charge in [0, 0.05) is 7.11 Å². The molecule has 0 unspecified atom stereocenters. The van der Waals surface area contributed by atoms with E-state index in [1.54, 1.807) is 7.11 Å². The van der Waals surface area contributed by atoms with Gasteiger partial charge in [0.1, 0.15) is 5.75 Å². The number of rotatable bonds is 7. The van der Waals surface area contributed by atoms with Gasteiger partial charge < -0.3 is 9.47 Å². The molecule has 16 heavy (non-hydrogen) atoms. The summed E-state index contributed by atoms with van der Waals surface area (Å²) in [7, 11) is 1.69. The summed E-state index contributed by atoms with van der Waals surface area (Å²) in [6.07, 6.45) is 6.31. The molecule has 0 N–H and O–H groups in total. The maximum Gasteiger partial charge on any atom is 0.119 e. The molecule has 88 valence electrons. The smallest absolute Gasteiger partial charge is 0.119 e. The molecule has 2 heteroatoms. The van der Waals surface area contributed by atoms with Crippen molar-refractivity contribution >= 4 is 6.08 Å². The van der Waals surface area contributed by atoms with E-state index in [0.717, 1.165) is 25.2 Å². The third-order valence-corrected chi connectivity index (χ3v) is 2.22. The Balaban J connectivity index is 2.41. The van der Waals surface area contributed by atoms with Crippen molar-refractivity contribution in [1.82, 2.24) is 0 Å². The van der Waals surface area contributed by atoms with E-state index in [-0.39, 0.29) is 0 Å². The minimum absolute atomic E-state index is 0.648. The van der Waals surface area contributed by atoms with Crippen LogP contribution in [0, 0.1) is 0 Å². The standard InChI is InChI=1S/C14H20O2/c1-3-4-12-16-14-9-7-13(8-10-14)6-5-11-15-2/h5-10H,3-4,11-12H2,1-2H3. The van der Waals surface area contributed by atoms with E-state index in [0.29, 0.717) is 6.61 Å². The monoisotopic (exact) mass is 220 g/mol. The van der Waals surface area contributed by atoms with Crippen molar-refractivity contribution in [2.45, 2.75) is 19.8 Å². The molecule has 0 atom stereocenters. The topological polar surface area (TPSA) is 18.5 Å². The highest BCUT2D eigenvalue weighted by Crippen LogP contribution is 2.13. The Labute approximate surface area is 97.9 Å². The van der Waals surface area contributed by atoms with Gasteiger partial charge in [-0.2, -0.15) is 0 Å². The molecule has 2 nitrogen and oxygen atoms in total. The van der Waals surface area contributed by atoms with Gasteiger partial charge in [0.25, 0.3) is 0 Å². The zero-order valence-corrected chi connectivity index (χ0v) is 10.1. The number of hydrogen-bond donors (Lipinski definition) is 0. The van der Waals surface area contributed by atoms with Gasteiger partial charge in [-0.05, 0) is 24.1 Å². The van der Waals surface area contributed by atoms with E-state index in [9.17, 15) is 0 Å². The molecule has 0 aliphatic heterocycles. The van der Waals surface area contributed by atoms with Crippen LogP contribution in [-0.2, 0) is 4.74 Å². The van der Waals surface area contributed by atoms with Crippen LogP contribution < -0.4 is 4.74 Å². The lowest BCUT2D eigenvalue weighted by Crippen LogP contribution is -1.95. The van der Waals surface area contributed by atoms with Crippen LogP contribution in [0.2, 0.25) is 0 Å². The minimum atomic E-state index is 0.648. The fourth-order valence-electron chi connectivity index (χ4n) is 1.29. The highest BCUT2D eigenvalue weighted by Gasteiger charge is 1.92. The van der Waals surface area contributed by atoms with E-state index in [2.05, 4.69) is 6.92 Å².